The molecule has 0 amide bonds. The quantitative estimate of drug-likeness (QED) is 0.814. The summed E-state index contributed by atoms with van der Waals surface area (Å²) < 4.78 is 5.96. The Morgan fingerprint density at radius 2 is 1.87 bits per heavy atom. The average molecular weight is 333 g/mol. The fourth-order valence-electron chi connectivity index (χ4n) is 2.76. The van der Waals surface area contributed by atoms with Gasteiger partial charge in [-0.25, -0.2) is 0 Å². The van der Waals surface area contributed by atoms with Crippen LogP contribution in [0.1, 0.15) is 39.2 Å². The molecule has 2 aromatic rings. The van der Waals surface area contributed by atoms with Gasteiger partial charge < -0.3 is 10.1 Å². The van der Waals surface area contributed by atoms with Gasteiger partial charge in [0.1, 0.15) is 11.6 Å². The number of aliphatic imine (C=N–C) groups is 1. The van der Waals surface area contributed by atoms with Crippen LogP contribution in [-0.4, -0.2) is 24.5 Å². The van der Waals surface area contributed by atoms with E-state index >= 15 is 0 Å². The molecule has 0 atom stereocenters. The molecule has 0 aliphatic carbocycles. The maximum absolute atomic E-state index is 5.96. The molecule has 23 heavy (non-hydrogen) atoms. The molecular formula is C19H25ClN2O. The number of amidine groups is 1. The molecule has 0 saturated carbocycles. The third-order valence-electron chi connectivity index (χ3n) is 3.98. The molecule has 3 nitrogen and oxygen atoms in total. The first-order valence-electron chi connectivity index (χ1n) is 8.08. The van der Waals surface area contributed by atoms with Crippen molar-refractivity contribution in [1.29, 1.82) is 0 Å². The molecule has 0 bridgehead atoms. The Morgan fingerprint density at radius 3 is 2.52 bits per heavy atom. The molecule has 2 aromatic carbocycles. The average Bonchev–Trinajstić information content (AvgIpc) is 2.87. The second kappa shape index (κ2) is 7.22. The number of ether oxygens (including phenoxy) is 1. The zero-order valence-electron chi connectivity index (χ0n) is 14.1. The topological polar surface area (TPSA) is 33.6 Å². The fourth-order valence-corrected chi connectivity index (χ4v) is 2.76. The number of benzene rings is 2. The number of hydrogen-bond donors (Lipinski definition) is 1. The first kappa shape index (κ1) is 17.6. The number of hydrogen-bond acceptors (Lipinski definition) is 3. The fraction of sp³-hybridized carbons (Fsp3) is 0.421. The molecule has 0 fully saturated rings. The Bertz CT molecular complexity index is 710. The summed E-state index contributed by atoms with van der Waals surface area (Å²) in [5.74, 6) is 1.95. The van der Waals surface area contributed by atoms with E-state index in [9.17, 15) is 0 Å². The number of rotatable bonds is 5. The van der Waals surface area contributed by atoms with E-state index in [2.05, 4.69) is 67.5 Å². The minimum Gasteiger partial charge on any atom is -0.493 e. The first-order valence-corrected chi connectivity index (χ1v) is 8.08. The van der Waals surface area contributed by atoms with Gasteiger partial charge in [0.05, 0.1) is 18.7 Å². The summed E-state index contributed by atoms with van der Waals surface area (Å²) in [6, 6.07) is 12.6. The van der Waals surface area contributed by atoms with Gasteiger partial charge in [0.15, 0.2) is 0 Å². The zero-order chi connectivity index (χ0) is 15.6. The van der Waals surface area contributed by atoms with Crippen molar-refractivity contribution in [3.05, 3.63) is 42.0 Å². The third-order valence-corrected chi connectivity index (χ3v) is 3.98. The Kier molecular flexibility index (Phi) is 5.53. The minimum absolute atomic E-state index is 0. The second-order valence-electron chi connectivity index (χ2n) is 6.53. The molecular weight excluding hydrogens is 308 g/mol. The van der Waals surface area contributed by atoms with Gasteiger partial charge in [0.25, 0.3) is 0 Å². The second-order valence-corrected chi connectivity index (χ2v) is 6.53. The van der Waals surface area contributed by atoms with E-state index in [4.69, 9.17) is 4.74 Å². The molecule has 1 aliphatic heterocycles. The van der Waals surface area contributed by atoms with Gasteiger partial charge in [0, 0.05) is 10.9 Å². The lowest BCUT2D eigenvalue weighted by Crippen LogP contribution is -2.39. The molecule has 0 radical (unpaired) electrons. The van der Waals surface area contributed by atoms with Crippen molar-refractivity contribution < 1.29 is 4.74 Å². The van der Waals surface area contributed by atoms with E-state index in [0.717, 1.165) is 48.5 Å². The summed E-state index contributed by atoms with van der Waals surface area (Å²) in [5.41, 5.74) is 1.19. The molecule has 1 N–H and O–H groups in total. The largest absolute Gasteiger partial charge is 0.493 e. The van der Waals surface area contributed by atoms with Crippen LogP contribution in [0, 0.1) is 0 Å². The van der Waals surface area contributed by atoms with Gasteiger partial charge in [-0.05, 0) is 37.8 Å². The minimum atomic E-state index is 0. The number of halogens is 1. The third kappa shape index (κ3) is 3.78. The molecule has 1 aliphatic rings. The van der Waals surface area contributed by atoms with E-state index in [1.807, 2.05) is 0 Å². The van der Waals surface area contributed by atoms with Crippen molar-refractivity contribution in [1.82, 2.24) is 5.32 Å². The molecule has 0 unspecified atom stereocenters. The summed E-state index contributed by atoms with van der Waals surface area (Å²) in [5, 5.41) is 5.87. The van der Waals surface area contributed by atoms with Crippen LogP contribution in [-0.2, 0) is 0 Å². The number of nitrogens with zero attached hydrogens (tertiary/aromatic N) is 1. The van der Waals surface area contributed by atoms with Gasteiger partial charge in [-0.3, -0.25) is 4.99 Å². The van der Waals surface area contributed by atoms with Crippen LogP contribution in [0.4, 0.5) is 0 Å². The highest BCUT2D eigenvalue weighted by Crippen LogP contribution is 2.30. The SMILES string of the molecule is CCCCOc1ccc(C2=NCC(C)(C)N2)c2ccccc12.Cl. The summed E-state index contributed by atoms with van der Waals surface area (Å²) in [6.45, 7) is 8.11. The molecule has 0 spiro atoms. The smallest absolute Gasteiger partial charge is 0.129 e. The number of nitrogens with one attached hydrogen (secondary N) is 1. The van der Waals surface area contributed by atoms with E-state index in [1.54, 1.807) is 0 Å². The van der Waals surface area contributed by atoms with Crippen LogP contribution in [0.3, 0.4) is 0 Å². The van der Waals surface area contributed by atoms with Crippen LogP contribution in [0.25, 0.3) is 10.8 Å². The van der Waals surface area contributed by atoms with Crippen molar-refractivity contribution in [2.24, 2.45) is 4.99 Å². The van der Waals surface area contributed by atoms with Gasteiger partial charge >= 0.3 is 0 Å². The highest BCUT2D eigenvalue weighted by molar-refractivity contribution is 6.11. The van der Waals surface area contributed by atoms with Crippen molar-refractivity contribution in [3.8, 4) is 5.75 Å². The summed E-state index contributed by atoms with van der Waals surface area (Å²) in [7, 11) is 0. The molecule has 1 heterocycles. The normalized spacial score (nSPS) is 15.7. The Labute approximate surface area is 144 Å². The highest BCUT2D eigenvalue weighted by Gasteiger charge is 2.26. The Morgan fingerprint density at radius 1 is 1.13 bits per heavy atom. The van der Waals surface area contributed by atoms with Crippen molar-refractivity contribution in [3.63, 3.8) is 0 Å². The first-order chi connectivity index (χ1) is 10.6. The lowest BCUT2D eigenvalue weighted by atomic mass is 10.0. The van der Waals surface area contributed by atoms with Crippen LogP contribution in [0.5, 0.6) is 5.75 Å². The Hall–Kier alpha value is -1.74. The summed E-state index contributed by atoms with van der Waals surface area (Å²) in [6.07, 6.45) is 2.23. The highest BCUT2D eigenvalue weighted by atomic mass is 35.5. The van der Waals surface area contributed by atoms with Crippen LogP contribution < -0.4 is 10.1 Å². The molecule has 0 saturated heterocycles. The maximum atomic E-state index is 5.96. The monoisotopic (exact) mass is 332 g/mol. The van der Waals surface area contributed by atoms with Crippen molar-refractivity contribution >= 4 is 29.0 Å². The summed E-state index contributed by atoms with van der Waals surface area (Å²) in [4.78, 5) is 4.68. The predicted octanol–water partition coefficient (Wildman–Crippen LogP) is 4.57. The maximum Gasteiger partial charge on any atom is 0.129 e. The van der Waals surface area contributed by atoms with Gasteiger partial charge in [-0.15, -0.1) is 12.4 Å². The van der Waals surface area contributed by atoms with Crippen molar-refractivity contribution in [2.75, 3.05) is 13.2 Å². The van der Waals surface area contributed by atoms with Crippen LogP contribution in [0.15, 0.2) is 41.4 Å². The lowest BCUT2D eigenvalue weighted by Gasteiger charge is -2.19. The Balaban J connectivity index is 0.00000192. The van der Waals surface area contributed by atoms with Crippen LogP contribution in [0.2, 0.25) is 0 Å². The van der Waals surface area contributed by atoms with E-state index in [0.29, 0.717) is 0 Å². The number of fused-ring (bicyclic) bond motifs is 1. The standard InChI is InChI=1S/C19H24N2O.ClH/c1-4-5-12-22-17-11-10-16(14-8-6-7-9-15(14)17)18-20-13-19(2,3)21-18;/h6-11H,4-5,12-13H2,1-3H3,(H,20,21);1H. The number of unbranched alkanes of at least 4 members (excludes halogenated alkanes) is 1. The van der Waals surface area contributed by atoms with Gasteiger partial charge in [-0.1, -0.05) is 37.6 Å². The zero-order valence-corrected chi connectivity index (χ0v) is 14.9. The van der Waals surface area contributed by atoms with E-state index < -0.39 is 0 Å². The van der Waals surface area contributed by atoms with E-state index in [1.165, 1.54) is 5.39 Å². The van der Waals surface area contributed by atoms with Gasteiger partial charge in [0.2, 0.25) is 0 Å². The van der Waals surface area contributed by atoms with Crippen molar-refractivity contribution in [2.45, 2.75) is 39.2 Å². The van der Waals surface area contributed by atoms with Crippen LogP contribution >= 0.6 is 12.4 Å². The summed E-state index contributed by atoms with van der Waals surface area (Å²) >= 11 is 0. The molecule has 4 heteroatoms. The molecule has 124 valence electrons. The lowest BCUT2D eigenvalue weighted by molar-refractivity contribution is 0.313. The predicted molar refractivity (Wildman–Crippen MR) is 100 cm³/mol. The molecule has 0 aromatic heterocycles. The molecule has 3 rings (SSSR count). The van der Waals surface area contributed by atoms with Gasteiger partial charge in [-0.2, -0.15) is 0 Å². The van der Waals surface area contributed by atoms with E-state index in [-0.39, 0.29) is 17.9 Å².